The molecule has 0 aromatic rings. The van der Waals surface area contributed by atoms with E-state index in [1.165, 1.54) is 0 Å². The van der Waals surface area contributed by atoms with Gasteiger partial charge < -0.3 is 9.47 Å². The minimum absolute atomic E-state index is 0.119. The molecule has 102 valence electrons. The average molecular weight is 252 g/mol. The predicted octanol–water partition coefficient (Wildman–Crippen LogP) is 1.66. The van der Waals surface area contributed by atoms with Crippen molar-refractivity contribution in [3.05, 3.63) is 0 Å². The first-order chi connectivity index (χ1) is 8.70. The molecule has 2 aliphatic rings. The highest BCUT2D eigenvalue weighted by Crippen LogP contribution is 2.22. The molecule has 2 rings (SSSR count). The Bertz CT molecular complexity index is 295. The zero-order chi connectivity index (χ0) is 13.0. The zero-order valence-electron chi connectivity index (χ0n) is 11.5. The lowest BCUT2D eigenvalue weighted by atomic mass is 9.96. The average Bonchev–Trinajstić information content (AvgIpc) is 2.90. The maximum absolute atomic E-state index is 9.17. The van der Waals surface area contributed by atoms with Crippen LogP contribution in [0.3, 0.4) is 0 Å². The van der Waals surface area contributed by atoms with Crippen molar-refractivity contribution in [1.82, 2.24) is 4.90 Å². The van der Waals surface area contributed by atoms with Crippen LogP contribution in [0.1, 0.15) is 26.7 Å². The Hall–Kier alpha value is -0.630. The predicted molar refractivity (Wildman–Crippen MR) is 69.1 cm³/mol. The number of morpholine rings is 1. The molecule has 2 saturated heterocycles. The van der Waals surface area contributed by atoms with Gasteiger partial charge in [0.2, 0.25) is 0 Å². The summed E-state index contributed by atoms with van der Waals surface area (Å²) in [4.78, 5) is 2.36. The lowest BCUT2D eigenvalue weighted by Crippen LogP contribution is -2.49. The van der Waals surface area contributed by atoms with E-state index < -0.39 is 0 Å². The summed E-state index contributed by atoms with van der Waals surface area (Å²) in [5, 5.41) is 9.17. The number of rotatable bonds is 4. The van der Waals surface area contributed by atoms with Crippen LogP contribution >= 0.6 is 0 Å². The molecule has 4 nitrogen and oxygen atoms in total. The fourth-order valence-corrected chi connectivity index (χ4v) is 2.70. The third-order valence-corrected chi connectivity index (χ3v) is 3.98. The maximum atomic E-state index is 9.17. The summed E-state index contributed by atoms with van der Waals surface area (Å²) >= 11 is 0. The van der Waals surface area contributed by atoms with Gasteiger partial charge in [0.15, 0.2) is 0 Å². The molecule has 2 heterocycles. The van der Waals surface area contributed by atoms with Gasteiger partial charge in [-0.25, -0.2) is 0 Å². The summed E-state index contributed by atoms with van der Waals surface area (Å²) in [6.45, 7) is 8.58. The third kappa shape index (κ3) is 3.44. The molecule has 0 bridgehead atoms. The van der Waals surface area contributed by atoms with Crippen LogP contribution in [0.25, 0.3) is 0 Å². The van der Waals surface area contributed by atoms with Gasteiger partial charge in [-0.3, -0.25) is 4.90 Å². The van der Waals surface area contributed by atoms with Gasteiger partial charge in [-0.2, -0.15) is 5.26 Å². The number of nitriles is 1. The van der Waals surface area contributed by atoms with Gasteiger partial charge >= 0.3 is 0 Å². The summed E-state index contributed by atoms with van der Waals surface area (Å²) in [5.41, 5.74) is 0. The van der Waals surface area contributed by atoms with Crippen molar-refractivity contribution in [3.8, 4) is 6.07 Å². The second kappa shape index (κ2) is 6.51. The van der Waals surface area contributed by atoms with E-state index >= 15 is 0 Å². The van der Waals surface area contributed by atoms with Crippen molar-refractivity contribution >= 4 is 0 Å². The highest BCUT2D eigenvalue weighted by Gasteiger charge is 2.32. The van der Waals surface area contributed by atoms with E-state index in [2.05, 4.69) is 24.8 Å². The second-order valence-corrected chi connectivity index (χ2v) is 5.70. The Morgan fingerprint density at radius 2 is 2.06 bits per heavy atom. The highest BCUT2D eigenvalue weighted by molar-refractivity contribution is 4.89. The molecule has 0 aliphatic carbocycles. The second-order valence-electron chi connectivity index (χ2n) is 5.70. The highest BCUT2D eigenvalue weighted by atomic mass is 16.5. The standard InChI is InChI=1S/C14H24N2O2/c1-11(2)12(8-15)9-16-5-7-18-14(10-16)13-4-3-6-17-13/h11-14H,3-7,9-10H2,1-2H3. The van der Waals surface area contributed by atoms with Crippen LogP contribution in [0.4, 0.5) is 0 Å². The van der Waals surface area contributed by atoms with E-state index in [0.29, 0.717) is 5.92 Å². The molecule has 0 aromatic carbocycles. The van der Waals surface area contributed by atoms with E-state index in [0.717, 1.165) is 45.7 Å². The molecule has 3 atom stereocenters. The largest absolute Gasteiger partial charge is 0.375 e. The van der Waals surface area contributed by atoms with E-state index in [1.54, 1.807) is 0 Å². The molecule has 2 aliphatic heterocycles. The van der Waals surface area contributed by atoms with Crippen molar-refractivity contribution in [2.75, 3.05) is 32.8 Å². The zero-order valence-corrected chi connectivity index (χ0v) is 11.5. The molecular weight excluding hydrogens is 228 g/mol. The van der Waals surface area contributed by atoms with Crippen LogP contribution in [-0.2, 0) is 9.47 Å². The molecule has 0 spiro atoms. The van der Waals surface area contributed by atoms with Gasteiger partial charge in [0, 0.05) is 26.2 Å². The van der Waals surface area contributed by atoms with E-state index in [9.17, 15) is 5.26 Å². The van der Waals surface area contributed by atoms with Crippen molar-refractivity contribution in [1.29, 1.82) is 5.26 Å². The Morgan fingerprint density at radius 3 is 2.67 bits per heavy atom. The van der Waals surface area contributed by atoms with Gasteiger partial charge in [0.25, 0.3) is 0 Å². The van der Waals surface area contributed by atoms with Gasteiger partial charge in [0.05, 0.1) is 30.8 Å². The Balaban J connectivity index is 1.84. The fraction of sp³-hybridized carbons (Fsp3) is 0.929. The van der Waals surface area contributed by atoms with Crippen molar-refractivity contribution in [3.63, 3.8) is 0 Å². The molecule has 3 unspecified atom stereocenters. The topological polar surface area (TPSA) is 45.5 Å². The van der Waals surface area contributed by atoms with Crippen LogP contribution in [0, 0.1) is 23.2 Å². The van der Waals surface area contributed by atoms with Crippen LogP contribution < -0.4 is 0 Å². The van der Waals surface area contributed by atoms with E-state index in [1.807, 2.05) is 0 Å². The quantitative estimate of drug-likeness (QED) is 0.763. The van der Waals surface area contributed by atoms with Gasteiger partial charge in [-0.1, -0.05) is 13.8 Å². The minimum Gasteiger partial charge on any atom is -0.375 e. The first-order valence-electron chi connectivity index (χ1n) is 7.06. The number of ether oxygens (including phenoxy) is 2. The Kier molecular flexibility index (Phi) is 4.99. The Labute approximate surface area is 110 Å². The number of hydrogen-bond acceptors (Lipinski definition) is 4. The smallest absolute Gasteiger partial charge is 0.0963 e. The summed E-state index contributed by atoms with van der Waals surface area (Å²) in [6.07, 6.45) is 2.74. The monoisotopic (exact) mass is 252 g/mol. The van der Waals surface area contributed by atoms with Crippen LogP contribution in [-0.4, -0.2) is 50.0 Å². The Morgan fingerprint density at radius 1 is 1.28 bits per heavy atom. The SMILES string of the molecule is CC(C)C(C#N)CN1CCOC(C2CCCO2)C1. The van der Waals surface area contributed by atoms with Crippen LogP contribution in [0.15, 0.2) is 0 Å². The van der Waals surface area contributed by atoms with Crippen LogP contribution in [0.2, 0.25) is 0 Å². The lowest BCUT2D eigenvalue weighted by Gasteiger charge is -2.36. The molecule has 2 fully saturated rings. The molecule has 0 radical (unpaired) electrons. The molecule has 0 saturated carbocycles. The normalized spacial score (nSPS) is 31.4. The summed E-state index contributed by atoms with van der Waals surface area (Å²) in [5.74, 6) is 0.535. The molecule has 0 aromatic heterocycles. The molecular formula is C14H24N2O2. The van der Waals surface area contributed by atoms with Crippen molar-refractivity contribution < 1.29 is 9.47 Å². The first kappa shape index (κ1) is 13.8. The molecule has 18 heavy (non-hydrogen) atoms. The minimum atomic E-state index is 0.119. The van der Waals surface area contributed by atoms with Crippen LogP contribution in [0.5, 0.6) is 0 Å². The van der Waals surface area contributed by atoms with Gasteiger partial charge in [-0.05, 0) is 18.8 Å². The fourth-order valence-electron chi connectivity index (χ4n) is 2.70. The third-order valence-electron chi connectivity index (χ3n) is 3.98. The van der Waals surface area contributed by atoms with Gasteiger partial charge in [0.1, 0.15) is 0 Å². The van der Waals surface area contributed by atoms with Gasteiger partial charge in [-0.15, -0.1) is 0 Å². The van der Waals surface area contributed by atoms with Crippen molar-refractivity contribution in [2.24, 2.45) is 11.8 Å². The van der Waals surface area contributed by atoms with Crippen molar-refractivity contribution in [2.45, 2.75) is 38.9 Å². The lowest BCUT2D eigenvalue weighted by molar-refractivity contribution is -0.0961. The first-order valence-corrected chi connectivity index (χ1v) is 7.06. The van der Waals surface area contributed by atoms with E-state index in [-0.39, 0.29) is 18.1 Å². The number of nitrogens with zero attached hydrogens (tertiary/aromatic N) is 2. The molecule has 4 heteroatoms. The van der Waals surface area contributed by atoms with E-state index in [4.69, 9.17) is 9.47 Å². The molecule has 0 N–H and O–H groups in total. The number of hydrogen-bond donors (Lipinski definition) is 0. The maximum Gasteiger partial charge on any atom is 0.0963 e. The summed E-state index contributed by atoms with van der Waals surface area (Å²) < 4.78 is 11.5. The summed E-state index contributed by atoms with van der Waals surface area (Å²) in [6, 6.07) is 2.42. The molecule has 0 amide bonds. The summed E-state index contributed by atoms with van der Waals surface area (Å²) in [7, 11) is 0.